The molecule has 0 bridgehead atoms. The van der Waals surface area contributed by atoms with Crippen molar-refractivity contribution >= 4 is 45.9 Å². The van der Waals surface area contributed by atoms with Gasteiger partial charge in [0, 0.05) is 47.8 Å². The predicted molar refractivity (Wildman–Crippen MR) is 119 cm³/mol. The number of nitrogens with one attached hydrogen (secondary N) is 1. The fourth-order valence-corrected chi connectivity index (χ4v) is 4.44. The minimum Gasteiger partial charge on any atom is -0.322 e. The third-order valence-electron chi connectivity index (χ3n) is 4.95. The molecule has 2 heterocycles. The molecule has 2 aromatic carbocycles. The highest BCUT2D eigenvalue weighted by molar-refractivity contribution is 7.99. The van der Waals surface area contributed by atoms with E-state index in [1.54, 1.807) is 12.1 Å². The Morgan fingerprint density at radius 1 is 1.07 bits per heavy atom. The van der Waals surface area contributed by atoms with Crippen LogP contribution in [0.15, 0.2) is 54.6 Å². The Morgan fingerprint density at radius 3 is 2.64 bits per heavy atom. The van der Waals surface area contributed by atoms with Crippen molar-refractivity contribution < 1.29 is 4.79 Å². The van der Waals surface area contributed by atoms with Crippen molar-refractivity contribution in [1.29, 1.82) is 0 Å². The molecule has 1 saturated heterocycles. The van der Waals surface area contributed by atoms with Gasteiger partial charge in [-0.2, -0.15) is 11.8 Å². The molecule has 0 radical (unpaired) electrons. The van der Waals surface area contributed by atoms with Gasteiger partial charge < -0.3 is 10.2 Å². The molecule has 1 aromatic heterocycles. The zero-order valence-corrected chi connectivity index (χ0v) is 17.1. The maximum atomic E-state index is 12.6. The Morgan fingerprint density at radius 2 is 1.86 bits per heavy atom. The Bertz CT molecular complexity index is 971. The molecule has 1 fully saturated rings. The standard InChI is InChI=1S/C22H22ClN3OS/c23-21-8-4-17-15-18(3-7-20(17)25-21)22(27)24-19-5-1-16(2-6-19)9-10-26-11-13-28-14-12-26/h1-8,15H,9-14H2,(H,24,27). The van der Waals surface area contributed by atoms with Crippen molar-refractivity contribution in [1.82, 2.24) is 9.88 Å². The van der Waals surface area contributed by atoms with E-state index in [0.717, 1.165) is 29.6 Å². The summed E-state index contributed by atoms with van der Waals surface area (Å²) in [6, 6.07) is 17.2. The van der Waals surface area contributed by atoms with Crippen LogP contribution in [-0.2, 0) is 6.42 Å². The van der Waals surface area contributed by atoms with Crippen LogP contribution in [-0.4, -0.2) is 46.9 Å². The van der Waals surface area contributed by atoms with Gasteiger partial charge in [-0.15, -0.1) is 0 Å². The number of hydrogen-bond donors (Lipinski definition) is 1. The predicted octanol–water partition coefficient (Wildman–Crippen LogP) is 4.73. The summed E-state index contributed by atoms with van der Waals surface area (Å²) in [4.78, 5) is 19.3. The number of thioether (sulfide) groups is 1. The average Bonchev–Trinajstić information content (AvgIpc) is 2.73. The number of fused-ring (bicyclic) bond motifs is 1. The maximum Gasteiger partial charge on any atom is 0.255 e. The van der Waals surface area contributed by atoms with Crippen molar-refractivity contribution in [3.8, 4) is 0 Å². The molecular weight excluding hydrogens is 390 g/mol. The summed E-state index contributed by atoms with van der Waals surface area (Å²) in [6.45, 7) is 3.47. The smallest absolute Gasteiger partial charge is 0.255 e. The summed E-state index contributed by atoms with van der Waals surface area (Å²) in [5.41, 5.74) is 3.48. The lowest BCUT2D eigenvalue weighted by Crippen LogP contribution is -2.34. The highest BCUT2D eigenvalue weighted by Gasteiger charge is 2.11. The quantitative estimate of drug-likeness (QED) is 0.616. The van der Waals surface area contributed by atoms with Gasteiger partial charge in [0.15, 0.2) is 0 Å². The van der Waals surface area contributed by atoms with Crippen LogP contribution in [0.2, 0.25) is 5.15 Å². The van der Waals surface area contributed by atoms with Gasteiger partial charge in [-0.1, -0.05) is 23.7 Å². The van der Waals surface area contributed by atoms with Crippen LogP contribution >= 0.6 is 23.4 Å². The van der Waals surface area contributed by atoms with Crippen molar-refractivity contribution in [2.45, 2.75) is 6.42 Å². The molecule has 1 amide bonds. The first-order chi connectivity index (χ1) is 13.7. The van der Waals surface area contributed by atoms with Crippen molar-refractivity contribution in [2.75, 3.05) is 36.5 Å². The molecule has 0 unspecified atom stereocenters. The van der Waals surface area contributed by atoms with E-state index in [0.29, 0.717) is 10.7 Å². The Hall–Kier alpha value is -2.08. The molecule has 0 saturated carbocycles. The number of carbonyl (C=O) groups excluding carboxylic acids is 1. The molecule has 0 atom stereocenters. The normalized spacial score (nSPS) is 14.9. The number of pyridine rings is 1. The van der Waals surface area contributed by atoms with Gasteiger partial charge in [-0.05, 0) is 54.4 Å². The van der Waals surface area contributed by atoms with E-state index >= 15 is 0 Å². The highest BCUT2D eigenvalue weighted by Crippen LogP contribution is 2.19. The van der Waals surface area contributed by atoms with Crippen molar-refractivity contribution in [3.63, 3.8) is 0 Å². The van der Waals surface area contributed by atoms with Gasteiger partial charge in [0.2, 0.25) is 0 Å². The van der Waals surface area contributed by atoms with Crippen LogP contribution in [0.3, 0.4) is 0 Å². The van der Waals surface area contributed by atoms with Gasteiger partial charge in [0.25, 0.3) is 5.91 Å². The molecule has 1 aliphatic heterocycles. The average molecular weight is 412 g/mol. The summed E-state index contributed by atoms with van der Waals surface area (Å²) in [5, 5.41) is 4.31. The van der Waals surface area contributed by atoms with Crippen LogP contribution in [0.4, 0.5) is 5.69 Å². The lowest BCUT2D eigenvalue weighted by molar-refractivity contribution is 0.102. The van der Waals surface area contributed by atoms with Crippen LogP contribution in [0.25, 0.3) is 10.9 Å². The lowest BCUT2D eigenvalue weighted by Gasteiger charge is -2.26. The summed E-state index contributed by atoms with van der Waals surface area (Å²) in [5.74, 6) is 2.35. The van der Waals surface area contributed by atoms with E-state index in [4.69, 9.17) is 11.6 Å². The summed E-state index contributed by atoms with van der Waals surface area (Å²) in [7, 11) is 0. The SMILES string of the molecule is O=C(Nc1ccc(CCN2CCSCC2)cc1)c1ccc2nc(Cl)ccc2c1. The maximum absolute atomic E-state index is 12.6. The van der Waals surface area contributed by atoms with Crippen LogP contribution < -0.4 is 5.32 Å². The summed E-state index contributed by atoms with van der Waals surface area (Å²) >= 11 is 7.95. The molecule has 6 heteroatoms. The van der Waals surface area contributed by atoms with Gasteiger partial charge in [0.05, 0.1) is 5.52 Å². The van der Waals surface area contributed by atoms with Crippen molar-refractivity contribution in [3.05, 3.63) is 70.9 Å². The molecule has 28 heavy (non-hydrogen) atoms. The van der Waals surface area contributed by atoms with E-state index in [1.165, 1.54) is 30.2 Å². The minimum absolute atomic E-state index is 0.129. The fourth-order valence-electron chi connectivity index (χ4n) is 3.31. The van der Waals surface area contributed by atoms with Gasteiger partial charge in [0.1, 0.15) is 5.15 Å². The number of benzene rings is 2. The zero-order valence-electron chi connectivity index (χ0n) is 15.5. The molecule has 4 nitrogen and oxygen atoms in total. The topological polar surface area (TPSA) is 45.2 Å². The Labute approximate surface area is 174 Å². The third kappa shape index (κ3) is 4.85. The number of aromatic nitrogens is 1. The largest absolute Gasteiger partial charge is 0.322 e. The molecule has 3 aromatic rings. The lowest BCUT2D eigenvalue weighted by atomic mass is 10.1. The van der Waals surface area contributed by atoms with Crippen LogP contribution in [0, 0.1) is 0 Å². The van der Waals surface area contributed by atoms with Gasteiger partial charge in [-0.25, -0.2) is 4.98 Å². The van der Waals surface area contributed by atoms with E-state index in [9.17, 15) is 4.79 Å². The summed E-state index contributed by atoms with van der Waals surface area (Å²) < 4.78 is 0. The van der Waals surface area contributed by atoms with Crippen molar-refractivity contribution in [2.24, 2.45) is 0 Å². The molecule has 4 rings (SSSR count). The Balaban J connectivity index is 1.37. The Kier molecular flexibility index (Phi) is 6.15. The number of hydrogen-bond acceptors (Lipinski definition) is 4. The molecule has 1 N–H and O–H groups in total. The summed E-state index contributed by atoms with van der Waals surface area (Å²) in [6.07, 6.45) is 1.04. The van der Waals surface area contributed by atoms with E-state index in [-0.39, 0.29) is 5.91 Å². The molecule has 144 valence electrons. The highest BCUT2D eigenvalue weighted by atomic mass is 35.5. The van der Waals surface area contributed by atoms with Crippen LogP contribution in [0.1, 0.15) is 15.9 Å². The fraction of sp³-hybridized carbons (Fsp3) is 0.273. The molecule has 0 spiro atoms. The molecular formula is C22H22ClN3OS. The minimum atomic E-state index is -0.129. The third-order valence-corrected chi connectivity index (χ3v) is 6.10. The number of anilines is 1. The number of rotatable bonds is 5. The number of halogens is 1. The van der Waals surface area contributed by atoms with E-state index in [1.807, 2.05) is 42.1 Å². The molecule has 1 aliphatic rings. The second kappa shape index (κ2) is 8.95. The van der Waals surface area contributed by atoms with Crippen LogP contribution in [0.5, 0.6) is 0 Å². The number of nitrogens with zero attached hydrogens (tertiary/aromatic N) is 2. The van der Waals surface area contributed by atoms with E-state index < -0.39 is 0 Å². The second-order valence-electron chi connectivity index (χ2n) is 6.90. The van der Waals surface area contributed by atoms with Gasteiger partial charge in [-0.3, -0.25) is 4.79 Å². The molecule has 0 aliphatic carbocycles. The monoisotopic (exact) mass is 411 g/mol. The van der Waals surface area contributed by atoms with Gasteiger partial charge >= 0.3 is 0 Å². The zero-order chi connectivity index (χ0) is 19.3. The second-order valence-corrected chi connectivity index (χ2v) is 8.51. The first-order valence-electron chi connectivity index (χ1n) is 9.44. The number of amides is 1. The van der Waals surface area contributed by atoms with E-state index in [2.05, 4.69) is 27.3 Å². The number of carbonyl (C=O) groups is 1. The first-order valence-corrected chi connectivity index (χ1v) is 11.0. The first kappa shape index (κ1) is 19.2.